The first-order valence-corrected chi connectivity index (χ1v) is 29.0. The first-order chi connectivity index (χ1) is 32.6. The number of thiol groups is 1. The van der Waals surface area contributed by atoms with Gasteiger partial charge in [0.05, 0.1) is 75.3 Å². The second kappa shape index (κ2) is 26.8. The molecule has 1 N–H and O–H groups in total. The summed E-state index contributed by atoms with van der Waals surface area (Å²) in [6, 6.07) is 17.9. The van der Waals surface area contributed by atoms with Crippen LogP contribution in [0.3, 0.4) is 0 Å². The number of aliphatic hydroxyl groups is 1. The number of hydrogen-bond acceptors (Lipinski definition) is 13. The molecule has 0 bridgehead atoms. The van der Waals surface area contributed by atoms with Crippen molar-refractivity contribution in [3.8, 4) is 5.75 Å². The van der Waals surface area contributed by atoms with Gasteiger partial charge in [-0.3, -0.25) is 4.79 Å². The fourth-order valence-corrected chi connectivity index (χ4v) is 10.9. The van der Waals surface area contributed by atoms with E-state index in [4.69, 9.17) is 47.0 Å². The summed E-state index contributed by atoms with van der Waals surface area (Å²) in [7, 11) is 3.50. The van der Waals surface area contributed by atoms with Crippen LogP contribution in [0.2, 0.25) is 18.1 Å². The zero-order chi connectivity index (χ0) is 50.4. The van der Waals surface area contributed by atoms with E-state index < -0.39 is 25.6 Å². The normalized spacial score (nSPS) is 26.5. The summed E-state index contributed by atoms with van der Waals surface area (Å²) in [4.78, 5) is 14.1. The van der Waals surface area contributed by atoms with Crippen LogP contribution < -0.4 is 4.74 Å². The van der Waals surface area contributed by atoms with Crippen molar-refractivity contribution < 1.29 is 56.9 Å². The van der Waals surface area contributed by atoms with Gasteiger partial charge < -0.3 is 52.1 Å². The van der Waals surface area contributed by atoms with Crippen molar-refractivity contribution in [2.45, 2.75) is 198 Å². The van der Waals surface area contributed by atoms with Crippen molar-refractivity contribution in [2.75, 3.05) is 27.6 Å². The third-order valence-electron chi connectivity index (χ3n) is 14.3. The molecule has 386 valence electrons. The number of rotatable bonds is 26. The lowest BCUT2D eigenvalue weighted by Crippen LogP contribution is -2.59. The number of benzene rings is 2. The average Bonchev–Trinajstić information content (AvgIpc) is 3.28. The molecule has 11 atom stereocenters. The molecule has 0 radical (unpaired) electrons. The van der Waals surface area contributed by atoms with Gasteiger partial charge in [-0.05, 0) is 93.3 Å². The summed E-state index contributed by atoms with van der Waals surface area (Å²) in [5.74, 6) is -1.10. The quantitative estimate of drug-likeness (QED) is 0.0232. The van der Waals surface area contributed by atoms with E-state index in [1.165, 1.54) is 0 Å². The predicted octanol–water partition coefficient (Wildman–Crippen LogP) is 10.6. The number of aliphatic hydroxyl groups excluding tert-OH is 1. The van der Waals surface area contributed by atoms with E-state index in [9.17, 15) is 9.90 Å². The van der Waals surface area contributed by atoms with Gasteiger partial charge in [0.25, 0.3) is 0 Å². The van der Waals surface area contributed by atoms with E-state index in [2.05, 4.69) is 62.0 Å². The zero-order valence-corrected chi connectivity index (χ0v) is 46.2. The molecule has 3 heterocycles. The molecule has 0 aromatic heterocycles. The lowest BCUT2D eigenvalue weighted by molar-refractivity contribution is -0.285. The standard InChI is InChI=1S/C53H84BO12PSSi/c1-37-27-44(63-46(28-37)32-48-30-41(55)29-47(64-48)31-43(24-26-62-54(67)68)60-35-40-17-19-42(57-8)20-18-40)23-25-52(6,7)53(58-9)50(56)22-21-45(65-53)33-49(66-69(10,11)51(3,4)5)38(2)61-36-59-34-39-15-13-12-14-16-39/h12-20,23,25,38,41,43-49,55,68H,1,21-22,24,26-36,67H2,2-11H3/t38-,41+,43+,44+,45+,46+,47+,48-,49-,53-/m1/s1. The second-order valence-electron chi connectivity index (χ2n) is 21.3. The highest BCUT2D eigenvalue weighted by Gasteiger charge is 2.55. The summed E-state index contributed by atoms with van der Waals surface area (Å²) >= 11 is 4.35. The van der Waals surface area contributed by atoms with E-state index in [-0.39, 0.29) is 72.4 Å². The highest BCUT2D eigenvalue weighted by Crippen LogP contribution is 2.45. The number of hydrogen-bond donors (Lipinski definition) is 2. The van der Waals surface area contributed by atoms with Gasteiger partial charge in [-0.15, -0.1) is 9.12 Å². The summed E-state index contributed by atoms with van der Waals surface area (Å²) < 4.78 is 63.2. The Hall–Kier alpha value is -1.95. The molecule has 12 nitrogen and oxygen atoms in total. The van der Waals surface area contributed by atoms with Crippen LogP contribution in [-0.4, -0.2) is 113 Å². The molecule has 1 unspecified atom stereocenters. The highest BCUT2D eigenvalue weighted by atomic mass is 32.1. The van der Waals surface area contributed by atoms with Crippen LogP contribution in [0.25, 0.3) is 0 Å². The molecular weight excluding hydrogens is 931 g/mol. The van der Waals surface area contributed by atoms with Gasteiger partial charge in [0.1, 0.15) is 12.5 Å². The van der Waals surface area contributed by atoms with E-state index in [1.807, 2.05) is 87.5 Å². The fraction of sp³-hybridized carbons (Fsp3) is 0.679. The highest BCUT2D eigenvalue weighted by molar-refractivity contribution is 8.23. The van der Waals surface area contributed by atoms with E-state index in [0.717, 1.165) is 22.4 Å². The molecule has 69 heavy (non-hydrogen) atoms. The number of methoxy groups -OCH3 is 2. The smallest absolute Gasteiger partial charge is 0.380 e. The van der Waals surface area contributed by atoms with Crippen molar-refractivity contribution in [1.29, 1.82) is 0 Å². The summed E-state index contributed by atoms with van der Waals surface area (Å²) in [6.45, 7) is 23.1. The van der Waals surface area contributed by atoms with E-state index >= 15 is 0 Å². The largest absolute Gasteiger partial charge is 0.497 e. The van der Waals surface area contributed by atoms with Gasteiger partial charge in [-0.2, -0.15) is 12.5 Å². The Morgan fingerprint density at radius 1 is 0.942 bits per heavy atom. The minimum Gasteiger partial charge on any atom is -0.497 e. The van der Waals surface area contributed by atoms with Gasteiger partial charge >= 0.3 is 5.91 Å². The van der Waals surface area contributed by atoms with E-state index in [1.54, 1.807) is 14.2 Å². The third-order valence-corrected chi connectivity index (χ3v) is 19.2. The Morgan fingerprint density at radius 3 is 2.30 bits per heavy atom. The second-order valence-corrected chi connectivity index (χ2v) is 27.8. The molecule has 2 aromatic carbocycles. The Kier molecular flexibility index (Phi) is 22.5. The van der Waals surface area contributed by atoms with Gasteiger partial charge in [0.15, 0.2) is 14.1 Å². The Morgan fingerprint density at radius 2 is 1.64 bits per heavy atom. The molecule has 3 aliphatic heterocycles. The maximum Gasteiger partial charge on any atom is 0.380 e. The van der Waals surface area contributed by atoms with Gasteiger partial charge in [0.2, 0.25) is 5.79 Å². The van der Waals surface area contributed by atoms with Gasteiger partial charge in [-0.1, -0.05) is 101 Å². The minimum atomic E-state index is -2.25. The van der Waals surface area contributed by atoms with Crippen molar-refractivity contribution in [2.24, 2.45) is 5.41 Å². The van der Waals surface area contributed by atoms with Crippen molar-refractivity contribution >= 4 is 41.6 Å². The third kappa shape index (κ3) is 17.6. The van der Waals surface area contributed by atoms with Crippen LogP contribution >= 0.6 is 21.6 Å². The molecule has 2 aromatic rings. The molecule has 3 fully saturated rings. The van der Waals surface area contributed by atoms with Crippen LogP contribution in [0, 0.1) is 5.41 Å². The number of carbonyl (C=O) groups excluding carboxylic acids is 1. The SMILES string of the molecule is C=C1C[C@@H](C[C@H]2C[C@@H](O)C[C@@H](C[C@H](CCOB(P)S)OCc3ccc(OC)cc3)O2)O[C@@H](C=CC(C)(C)[C@]2(OC)O[C@H](C[C@@H](O[Si](C)(C)C(C)(C)C)[C@@H](C)OCOCc3ccccc3)CCC2=O)C1. The molecule has 3 saturated heterocycles. The van der Waals surface area contributed by atoms with Gasteiger partial charge in [-0.25, -0.2) is 0 Å². The first-order valence-electron chi connectivity index (χ1n) is 24.9. The average molecular weight is 1020 g/mol. The Labute approximate surface area is 423 Å². The summed E-state index contributed by atoms with van der Waals surface area (Å²) in [6.07, 6.45) is 7.27. The molecule has 0 spiro atoms. The molecule has 16 heteroatoms. The maximum absolute atomic E-state index is 14.1. The topological polar surface area (TPSA) is 130 Å². The molecular formula is C53H84BO12PSSi. The lowest BCUT2D eigenvalue weighted by atomic mass is 9.76. The molecule has 0 aliphatic carbocycles. The van der Waals surface area contributed by atoms with E-state index in [0.29, 0.717) is 84.0 Å². The fourth-order valence-electron chi connectivity index (χ4n) is 9.31. The molecule has 0 saturated carbocycles. The lowest BCUT2D eigenvalue weighted by Gasteiger charge is -2.48. The van der Waals surface area contributed by atoms with Crippen molar-refractivity contribution in [3.05, 3.63) is 90.0 Å². The van der Waals surface area contributed by atoms with Crippen LogP contribution in [0.5, 0.6) is 5.75 Å². The van der Waals surface area contributed by atoms with Crippen LogP contribution in [0.1, 0.15) is 117 Å². The summed E-state index contributed by atoms with van der Waals surface area (Å²) in [5, 5.41) is 11.1. The van der Waals surface area contributed by atoms with Crippen molar-refractivity contribution in [3.63, 3.8) is 0 Å². The van der Waals surface area contributed by atoms with Crippen LogP contribution in [0.15, 0.2) is 78.9 Å². The number of Topliss-reactive ketones (excluding diaryl/α,β-unsaturated/α-hetero) is 1. The maximum atomic E-state index is 14.1. The Balaban J connectivity index is 1.21. The number of carbonyl (C=O) groups is 1. The Bertz CT molecular complexity index is 1900. The van der Waals surface area contributed by atoms with Gasteiger partial charge in [0, 0.05) is 38.4 Å². The number of ether oxygens (including phenoxy) is 8. The molecule has 3 aliphatic rings. The zero-order valence-electron chi connectivity index (χ0n) is 43.2. The summed E-state index contributed by atoms with van der Waals surface area (Å²) in [5.41, 5.74) is 2.32. The number of ketones is 1. The first kappa shape index (κ1) is 57.9. The predicted molar refractivity (Wildman–Crippen MR) is 282 cm³/mol. The monoisotopic (exact) mass is 1010 g/mol. The van der Waals surface area contributed by atoms with Crippen LogP contribution in [0.4, 0.5) is 0 Å². The van der Waals surface area contributed by atoms with Crippen molar-refractivity contribution in [1.82, 2.24) is 0 Å². The van der Waals surface area contributed by atoms with Crippen LogP contribution in [-0.2, 0) is 60.2 Å². The molecule has 0 amide bonds. The minimum absolute atomic E-state index is 0.0294. The molecule has 5 rings (SSSR count).